The third kappa shape index (κ3) is 4.93. The van der Waals surface area contributed by atoms with Crippen LogP contribution in [0.5, 0.6) is 0 Å². The van der Waals surface area contributed by atoms with E-state index in [4.69, 9.17) is 16.1 Å². The van der Waals surface area contributed by atoms with Gasteiger partial charge in [-0.25, -0.2) is 4.52 Å². The molecule has 39 heavy (non-hydrogen) atoms. The van der Waals surface area contributed by atoms with Gasteiger partial charge in [-0.05, 0) is 38.1 Å². The average Bonchev–Trinajstić information content (AvgIpc) is 3.55. The van der Waals surface area contributed by atoms with Crippen LogP contribution >= 0.6 is 11.3 Å². The van der Waals surface area contributed by atoms with Gasteiger partial charge in [-0.15, -0.1) is 16.6 Å². The molecule has 11 heteroatoms. The fraction of sp³-hybridized carbons (Fsp3) is 0.393. The Kier molecular flexibility index (Phi) is 6.66. The van der Waals surface area contributed by atoms with E-state index in [2.05, 4.69) is 50.6 Å². The number of ether oxygens (including phenoxy) is 1. The highest BCUT2D eigenvalue weighted by atomic mass is 32.1. The number of piperidine rings is 1. The Bertz CT molecular complexity index is 1560. The van der Waals surface area contributed by atoms with Gasteiger partial charge in [0.2, 0.25) is 11.0 Å². The lowest BCUT2D eigenvalue weighted by Gasteiger charge is -2.46. The number of amides is 1. The summed E-state index contributed by atoms with van der Waals surface area (Å²) in [6, 6.07) is 8.30. The maximum Gasteiger partial charge on any atom is 0.217 e. The molecule has 10 nitrogen and oxygen atoms in total. The number of anilines is 2. The highest BCUT2D eigenvalue weighted by Gasteiger charge is 2.41. The first-order valence-corrected chi connectivity index (χ1v) is 13.9. The van der Waals surface area contributed by atoms with E-state index in [1.54, 1.807) is 24.5 Å². The molecule has 6 rings (SSSR count). The molecular weight excluding hydrogens is 512 g/mol. The molecule has 4 aromatic rings. The third-order valence-electron chi connectivity index (χ3n) is 7.15. The molecule has 2 unspecified atom stereocenters. The van der Waals surface area contributed by atoms with E-state index < -0.39 is 0 Å². The van der Waals surface area contributed by atoms with E-state index in [9.17, 15) is 4.79 Å². The SMILES string of the molecule is C#Cc1cnn2c(-c3cc(NC(C)C)c(-c4nnc(N5CC6COCC(C5)C6NC(C)=O)s4)cn3)ccc2c1. The van der Waals surface area contributed by atoms with Crippen LogP contribution in [0.1, 0.15) is 26.3 Å². The topological polar surface area (TPSA) is 110 Å². The van der Waals surface area contributed by atoms with Gasteiger partial charge in [0.25, 0.3) is 0 Å². The van der Waals surface area contributed by atoms with Crippen LogP contribution in [0.25, 0.3) is 27.5 Å². The second-order valence-electron chi connectivity index (χ2n) is 10.4. The quantitative estimate of drug-likeness (QED) is 0.357. The molecule has 2 aliphatic rings. The summed E-state index contributed by atoms with van der Waals surface area (Å²) in [6.45, 7) is 8.57. The van der Waals surface area contributed by atoms with Crippen LogP contribution in [0.3, 0.4) is 0 Å². The molecule has 200 valence electrons. The number of fused-ring (bicyclic) bond motifs is 3. The summed E-state index contributed by atoms with van der Waals surface area (Å²) >= 11 is 1.56. The number of nitrogens with one attached hydrogen (secondary N) is 2. The standard InChI is InChI=1S/C28H30N8O2S/c1-5-18-8-21-6-7-25(36(21)30-10-18)24-9-23(31-16(2)3)22(11-29-24)27-33-34-28(39-27)35-12-19-14-38-15-20(13-35)26(19)32-17(4)37/h1,6-11,16,19-20,26H,12-15H2,2-4H3,(H,29,31)(H,32,37). The van der Waals surface area contributed by atoms with E-state index in [-0.39, 0.29) is 29.8 Å². The monoisotopic (exact) mass is 542 g/mol. The molecule has 0 radical (unpaired) electrons. The second-order valence-corrected chi connectivity index (χ2v) is 11.4. The molecule has 2 N–H and O–H groups in total. The Hall–Kier alpha value is -4.01. The fourth-order valence-electron chi connectivity index (χ4n) is 5.48. The van der Waals surface area contributed by atoms with Gasteiger partial charge in [0, 0.05) is 61.4 Å². The molecule has 6 heterocycles. The van der Waals surface area contributed by atoms with Crippen molar-refractivity contribution in [3.8, 4) is 34.3 Å². The van der Waals surface area contributed by atoms with Gasteiger partial charge < -0.3 is 20.3 Å². The smallest absolute Gasteiger partial charge is 0.217 e. The predicted molar refractivity (Wildman–Crippen MR) is 152 cm³/mol. The Morgan fingerprint density at radius 3 is 2.69 bits per heavy atom. The number of rotatable bonds is 6. The number of aromatic nitrogens is 5. The maximum absolute atomic E-state index is 11.7. The molecule has 4 aromatic heterocycles. The number of carbonyl (C=O) groups is 1. The lowest BCUT2D eigenvalue weighted by Crippen LogP contribution is -2.61. The minimum absolute atomic E-state index is 0.00549. The molecule has 2 bridgehead atoms. The number of nitrogens with zero attached hydrogens (tertiary/aromatic N) is 6. The minimum atomic E-state index is 0.00549. The highest BCUT2D eigenvalue weighted by molar-refractivity contribution is 7.18. The zero-order valence-corrected chi connectivity index (χ0v) is 22.9. The van der Waals surface area contributed by atoms with Crippen LogP contribution in [-0.4, -0.2) is 69.1 Å². The van der Waals surface area contributed by atoms with Crippen molar-refractivity contribution in [2.75, 3.05) is 36.5 Å². The summed E-state index contributed by atoms with van der Waals surface area (Å²) in [5.74, 6) is 3.07. The summed E-state index contributed by atoms with van der Waals surface area (Å²) in [7, 11) is 0. The Balaban J connectivity index is 1.29. The number of pyridine rings is 1. The summed E-state index contributed by atoms with van der Waals surface area (Å²) in [5, 5.41) is 22.0. The lowest BCUT2D eigenvalue weighted by molar-refractivity contribution is -0.122. The summed E-state index contributed by atoms with van der Waals surface area (Å²) in [4.78, 5) is 18.8. The van der Waals surface area contributed by atoms with Gasteiger partial charge in [0.05, 0.1) is 41.9 Å². The first-order valence-electron chi connectivity index (χ1n) is 13.0. The largest absolute Gasteiger partial charge is 0.382 e. The molecule has 0 saturated carbocycles. The summed E-state index contributed by atoms with van der Waals surface area (Å²) in [6.07, 6.45) is 9.07. The van der Waals surface area contributed by atoms with Gasteiger partial charge >= 0.3 is 0 Å². The third-order valence-corrected chi connectivity index (χ3v) is 8.17. The Labute approximate surface area is 230 Å². The molecule has 0 aromatic carbocycles. The van der Waals surface area contributed by atoms with Crippen molar-refractivity contribution in [1.82, 2.24) is 30.1 Å². The molecule has 2 fully saturated rings. The number of carbonyl (C=O) groups excluding carboxylic acids is 1. The molecule has 2 atom stereocenters. The van der Waals surface area contributed by atoms with E-state index in [0.717, 1.165) is 56.9 Å². The van der Waals surface area contributed by atoms with Gasteiger partial charge in [0.1, 0.15) is 0 Å². The van der Waals surface area contributed by atoms with Gasteiger partial charge in [-0.1, -0.05) is 17.3 Å². The van der Waals surface area contributed by atoms with Crippen LogP contribution in [-0.2, 0) is 9.53 Å². The van der Waals surface area contributed by atoms with Gasteiger partial charge in [-0.2, -0.15) is 5.10 Å². The normalized spacial score (nSPS) is 20.7. The summed E-state index contributed by atoms with van der Waals surface area (Å²) < 4.78 is 7.64. The van der Waals surface area contributed by atoms with Crippen molar-refractivity contribution in [2.45, 2.75) is 32.9 Å². The zero-order valence-electron chi connectivity index (χ0n) is 22.1. The Morgan fingerprint density at radius 1 is 1.18 bits per heavy atom. The van der Waals surface area contributed by atoms with Crippen molar-refractivity contribution in [3.63, 3.8) is 0 Å². The molecule has 2 aliphatic heterocycles. The average molecular weight is 543 g/mol. The van der Waals surface area contributed by atoms with Gasteiger partial charge in [-0.3, -0.25) is 9.78 Å². The molecule has 2 saturated heterocycles. The molecule has 0 spiro atoms. The van der Waals surface area contributed by atoms with E-state index >= 15 is 0 Å². The van der Waals surface area contributed by atoms with Crippen molar-refractivity contribution >= 4 is 33.6 Å². The second kappa shape index (κ2) is 10.3. The van der Waals surface area contributed by atoms with Crippen LogP contribution in [0.4, 0.5) is 10.8 Å². The van der Waals surface area contributed by atoms with E-state index in [0.29, 0.717) is 13.2 Å². The minimum Gasteiger partial charge on any atom is -0.382 e. The predicted octanol–water partition coefficient (Wildman–Crippen LogP) is 3.30. The number of hydrogen-bond donors (Lipinski definition) is 2. The van der Waals surface area contributed by atoms with Crippen LogP contribution in [0, 0.1) is 24.2 Å². The van der Waals surface area contributed by atoms with Crippen molar-refractivity contribution < 1.29 is 9.53 Å². The zero-order chi connectivity index (χ0) is 27.1. The van der Waals surface area contributed by atoms with Gasteiger partial charge in [0.15, 0.2) is 5.01 Å². The van der Waals surface area contributed by atoms with Crippen LogP contribution in [0.15, 0.2) is 36.7 Å². The summed E-state index contributed by atoms with van der Waals surface area (Å²) in [5.41, 5.74) is 5.15. The van der Waals surface area contributed by atoms with E-state index in [1.807, 2.05) is 35.0 Å². The van der Waals surface area contributed by atoms with Crippen LogP contribution in [0.2, 0.25) is 0 Å². The first kappa shape index (κ1) is 25.3. The fourth-order valence-corrected chi connectivity index (χ4v) is 6.37. The number of hydrogen-bond acceptors (Lipinski definition) is 9. The Morgan fingerprint density at radius 2 is 1.97 bits per heavy atom. The number of terminal acetylenes is 1. The van der Waals surface area contributed by atoms with Crippen LogP contribution < -0.4 is 15.5 Å². The molecule has 0 aliphatic carbocycles. The molecule has 1 amide bonds. The van der Waals surface area contributed by atoms with Crippen molar-refractivity contribution in [3.05, 3.63) is 42.2 Å². The van der Waals surface area contributed by atoms with Crippen molar-refractivity contribution in [1.29, 1.82) is 0 Å². The van der Waals surface area contributed by atoms with E-state index in [1.165, 1.54) is 0 Å². The highest BCUT2D eigenvalue weighted by Crippen LogP contribution is 2.38. The van der Waals surface area contributed by atoms with Crippen molar-refractivity contribution in [2.24, 2.45) is 11.8 Å². The first-order chi connectivity index (χ1) is 18.9. The maximum atomic E-state index is 11.7. The lowest BCUT2D eigenvalue weighted by atomic mass is 9.82. The molecular formula is C28H30N8O2S.